The van der Waals surface area contributed by atoms with Crippen LogP contribution in [-0.2, 0) is 11.4 Å². The molecule has 3 aromatic rings. The molecule has 0 unspecified atom stereocenters. The monoisotopic (exact) mass is 396 g/mol. The number of rotatable bonds is 5. The summed E-state index contributed by atoms with van der Waals surface area (Å²) in [4.78, 5) is 2.30. The number of morpholine rings is 1. The number of aryl methyl sites for hydroxylation is 1. The number of aromatic nitrogens is 3. The minimum atomic E-state index is 0.642. The van der Waals surface area contributed by atoms with Crippen molar-refractivity contribution in [2.75, 3.05) is 33.4 Å². The summed E-state index contributed by atoms with van der Waals surface area (Å²) in [5.41, 5.74) is 3.11. The normalized spacial score (nSPS) is 14.9. The molecule has 146 valence electrons. The van der Waals surface area contributed by atoms with Crippen LogP contribution in [0.25, 0.3) is 17.1 Å². The predicted molar refractivity (Wildman–Crippen MR) is 112 cm³/mol. The maximum absolute atomic E-state index is 5.84. The topological polar surface area (TPSA) is 44.4 Å². The minimum Gasteiger partial charge on any atom is -0.496 e. The molecule has 0 radical (unpaired) electrons. The van der Waals surface area contributed by atoms with E-state index in [1.807, 2.05) is 33.5 Å². The van der Waals surface area contributed by atoms with Crippen LogP contribution in [0, 0.1) is 11.7 Å². The third-order valence-corrected chi connectivity index (χ3v) is 5.31. The fourth-order valence-electron chi connectivity index (χ4n) is 3.36. The summed E-state index contributed by atoms with van der Waals surface area (Å²) in [7, 11) is 1.67. The van der Waals surface area contributed by atoms with Gasteiger partial charge in [-0.25, -0.2) is 4.68 Å². The largest absolute Gasteiger partial charge is 0.496 e. The van der Waals surface area contributed by atoms with E-state index in [4.69, 9.17) is 26.8 Å². The van der Waals surface area contributed by atoms with Crippen molar-refractivity contribution in [3.05, 3.63) is 58.9 Å². The Labute approximate surface area is 169 Å². The van der Waals surface area contributed by atoms with Gasteiger partial charge in [-0.3, -0.25) is 9.47 Å². The number of hydrogen-bond donors (Lipinski definition) is 0. The van der Waals surface area contributed by atoms with Gasteiger partial charge in [0.05, 0.1) is 32.6 Å². The number of nitrogens with zero attached hydrogens (tertiary/aromatic N) is 4. The molecule has 0 aliphatic carbocycles. The van der Waals surface area contributed by atoms with Gasteiger partial charge in [-0.1, -0.05) is 29.8 Å². The molecule has 2 heterocycles. The Morgan fingerprint density at radius 2 is 1.79 bits per heavy atom. The van der Waals surface area contributed by atoms with E-state index in [0.29, 0.717) is 11.4 Å². The number of benzene rings is 2. The van der Waals surface area contributed by atoms with Gasteiger partial charge in [0.25, 0.3) is 0 Å². The molecule has 6 nitrogen and oxygen atoms in total. The third-order valence-electron chi connectivity index (χ3n) is 4.92. The predicted octanol–water partition coefficient (Wildman–Crippen LogP) is 3.68. The molecule has 1 aliphatic rings. The van der Waals surface area contributed by atoms with Crippen molar-refractivity contribution in [1.29, 1.82) is 0 Å². The highest BCUT2D eigenvalue weighted by atomic mass is 32.1. The second kappa shape index (κ2) is 8.26. The van der Waals surface area contributed by atoms with Crippen LogP contribution < -0.4 is 4.74 Å². The van der Waals surface area contributed by atoms with E-state index in [0.717, 1.165) is 49.1 Å². The molecule has 1 fully saturated rings. The molecular formula is C21H24N4O2S. The van der Waals surface area contributed by atoms with E-state index in [2.05, 4.69) is 36.1 Å². The Kier molecular flexibility index (Phi) is 5.57. The highest BCUT2D eigenvalue weighted by Crippen LogP contribution is 2.30. The van der Waals surface area contributed by atoms with Crippen LogP contribution in [0.4, 0.5) is 0 Å². The number of ether oxygens (including phenoxy) is 2. The molecule has 0 N–H and O–H groups in total. The van der Waals surface area contributed by atoms with Crippen molar-refractivity contribution in [2.24, 2.45) is 0 Å². The van der Waals surface area contributed by atoms with Crippen molar-refractivity contribution in [1.82, 2.24) is 19.2 Å². The van der Waals surface area contributed by atoms with Crippen LogP contribution >= 0.6 is 12.2 Å². The maximum Gasteiger partial charge on any atom is 0.204 e. The average molecular weight is 397 g/mol. The first-order valence-corrected chi connectivity index (χ1v) is 9.78. The Balaban J connectivity index is 1.84. The lowest BCUT2D eigenvalue weighted by atomic mass is 10.1. The van der Waals surface area contributed by atoms with E-state index in [9.17, 15) is 0 Å². The lowest BCUT2D eigenvalue weighted by Gasteiger charge is -2.26. The summed E-state index contributed by atoms with van der Waals surface area (Å²) in [5, 5.41) is 4.89. The minimum absolute atomic E-state index is 0.642. The Morgan fingerprint density at radius 1 is 1.07 bits per heavy atom. The van der Waals surface area contributed by atoms with Crippen molar-refractivity contribution in [2.45, 2.75) is 13.6 Å². The lowest BCUT2D eigenvalue weighted by Crippen LogP contribution is -2.37. The molecular weight excluding hydrogens is 372 g/mol. The molecule has 0 amide bonds. The summed E-state index contributed by atoms with van der Waals surface area (Å²) >= 11 is 5.84. The van der Waals surface area contributed by atoms with Crippen molar-refractivity contribution in [3.8, 4) is 22.8 Å². The van der Waals surface area contributed by atoms with Crippen molar-refractivity contribution in [3.63, 3.8) is 0 Å². The van der Waals surface area contributed by atoms with E-state index in [1.54, 1.807) is 7.11 Å². The molecule has 4 rings (SSSR count). The standard InChI is InChI=1S/C21H24N4O2S/c1-16-7-9-17(10-8-16)25-20(18-5-3-4-6-19(18)26-2)22-24(21(25)28)15-23-11-13-27-14-12-23/h3-10H,11-15H2,1-2H3. The van der Waals surface area contributed by atoms with Crippen LogP contribution in [0.15, 0.2) is 48.5 Å². The van der Waals surface area contributed by atoms with Gasteiger partial charge in [0.1, 0.15) is 5.75 Å². The molecule has 1 aromatic heterocycles. The molecule has 28 heavy (non-hydrogen) atoms. The summed E-state index contributed by atoms with van der Waals surface area (Å²) in [5.74, 6) is 1.55. The summed E-state index contributed by atoms with van der Waals surface area (Å²) in [6.45, 7) is 5.96. The fourth-order valence-corrected chi connectivity index (χ4v) is 3.65. The van der Waals surface area contributed by atoms with Crippen LogP contribution in [0.1, 0.15) is 5.56 Å². The Hall–Kier alpha value is -2.48. The first-order chi connectivity index (χ1) is 13.7. The van der Waals surface area contributed by atoms with Crippen molar-refractivity contribution < 1.29 is 9.47 Å². The van der Waals surface area contributed by atoms with Gasteiger partial charge in [-0.2, -0.15) is 0 Å². The molecule has 0 atom stereocenters. The summed E-state index contributed by atoms with van der Waals surface area (Å²) < 4.78 is 15.6. The molecule has 0 spiro atoms. The van der Waals surface area contributed by atoms with Gasteiger partial charge in [-0.05, 0) is 43.4 Å². The van der Waals surface area contributed by atoms with Gasteiger partial charge >= 0.3 is 0 Å². The van der Waals surface area contributed by atoms with Crippen LogP contribution in [0.5, 0.6) is 5.75 Å². The maximum atomic E-state index is 5.84. The lowest BCUT2D eigenvalue weighted by molar-refractivity contribution is 0.0210. The van der Waals surface area contributed by atoms with E-state index in [1.165, 1.54) is 5.56 Å². The quantitative estimate of drug-likeness (QED) is 0.616. The van der Waals surface area contributed by atoms with Gasteiger partial charge in [-0.15, -0.1) is 5.10 Å². The fraction of sp³-hybridized carbons (Fsp3) is 0.333. The average Bonchev–Trinajstić information content (AvgIpc) is 3.05. The first kappa shape index (κ1) is 18.9. The first-order valence-electron chi connectivity index (χ1n) is 9.38. The molecule has 0 saturated carbocycles. The van der Waals surface area contributed by atoms with Crippen LogP contribution in [-0.4, -0.2) is 52.7 Å². The van der Waals surface area contributed by atoms with Gasteiger partial charge in [0.2, 0.25) is 4.77 Å². The Bertz CT molecular complexity index is 1000. The smallest absolute Gasteiger partial charge is 0.204 e. The van der Waals surface area contributed by atoms with Gasteiger partial charge in [0.15, 0.2) is 5.82 Å². The molecule has 7 heteroatoms. The number of methoxy groups -OCH3 is 1. The second-order valence-corrected chi connectivity index (χ2v) is 7.21. The molecule has 1 aliphatic heterocycles. The van der Waals surface area contributed by atoms with Crippen molar-refractivity contribution >= 4 is 12.2 Å². The molecule has 1 saturated heterocycles. The SMILES string of the molecule is COc1ccccc1-c1nn(CN2CCOCC2)c(=S)n1-c1ccc(C)cc1. The summed E-state index contributed by atoms with van der Waals surface area (Å²) in [6, 6.07) is 16.2. The highest BCUT2D eigenvalue weighted by Gasteiger charge is 2.19. The zero-order chi connectivity index (χ0) is 19.5. The number of para-hydroxylation sites is 1. The molecule has 0 bridgehead atoms. The van der Waals surface area contributed by atoms with Gasteiger partial charge in [0, 0.05) is 18.8 Å². The zero-order valence-electron chi connectivity index (χ0n) is 16.2. The second-order valence-electron chi connectivity index (χ2n) is 6.85. The van der Waals surface area contributed by atoms with E-state index >= 15 is 0 Å². The highest BCUT2D eigenvalue weighted by molar-refractivity contribution is 7.71. The van der Waals surface area contributed by atoms with Crippen LogP contribution in [0.3, 0.4) is 0 Å². The third kappa shape index (κ3) is 3.73. The van der Waals surface area contributed by atoms with Gasteiger partial charge < -0.3 is 9.47 Å². The molecule has 2 aromatic carbocycles. The zero-order valence-corrected chi connectivity index (χ0v) is 17.0. The van der Waals surface area contributed by atoms with Crippen LogP contribution in [0.2, 0.25) is 0 Å². The summed E-state index contributed by atoms with van der Waals surface area (Å²) in [6.07, 6.45) is 0. The van der Waals surface area contributed by atoms with E-state index < -0.39 is 0 Å². The van der Waals surface area contributed by atoms with E-state index in [-0.39, 0.29) is 0 Å². The Morgan fingerprint density at radius 3 is 2.50 bits per heavy atom. The number of hydrogen-bond acceptors (Lipinski definition) is 5.